The van der Waals surface area contributed by atoms with Crippen LogP contribution in [0.25, 0.3) is 0 Å². The van der Waals surface area contributed by atoms with Crippen molar-refractivity contribution in [3.63, 3.8) is 0 Å². The van der Waals surface area contributed by atoms with Crippen LogP contribution in [0.5, 0.6) is 0 Å². The highest BCUT2D eigenvalue weighted by atomic mass is 35.5. The minimum Gasteiger partial charge on any atom is -0.394 e. The number of halogens is 1. The zero-order chi connectivity index (χ0) is 24.6. The quantitative estimate of drug-likeness (QED) is 0.292. The van der Waals surface area contributed by atoms with Crippen molar-refractivity contribution in [3.05, 3.63) is 143 Å². The minimum absolute atomic E-state index is 0.0108. The molecule has 0 aromatic heterocycles. The Balaban J connectivity index is 0.000000230. The smallest absolute Gasteiger partial charge is 0.108 e. The molecule has 0 amide bonds. The fraction of sp³-hybridized carbons (Fsp3) is 0.226. The Hall–Kier alpha value is -2.91. The molecule has 4 aromatic carbocycles. The number of aliphatic hydroxyl groups is 1. The summed E-state index contributed by atoms with van der Waals surface area (Å²) in [6.07, 6.45) is -0.171. The maximum absolute atomic E-state index is 8.91. The van der Waals surface area contributed by atoms with Crippen LogP contribution in [0, 0.1) is 0 Å². The maximum atomic E-state index is 8.91. The Morgan fingerprint density at radius 1 is 0.618 bits per heavy atom. The largest absolute Gasteiger partial charge is 0.394 e. The molecule has 0 heterocycles. The van der Waals surface area contributed by atoms with Crippen LogP contribution in [0.15, 0.2) is 115 Å². The molecule has 0 spiro atoms. The maximum Gasteiger partial charge on any atom is 0.108 e. The fourth-order valence-electron chi connectivity index (χ4n) is 3.50. The molecule has 0 aliphatic carbocycles. The van der Waals surface area contributed by atoms with Crippen LogP contribution < -0.4 is 0 Å². The van der Waals surface area contributed by atoms with Gasteiger partial charge in [-0.05, 0) is 34.4 Å². The lowest BCUT2D eigenvalue weighted by Gasteiger charge is -2.18. The number of benzene rings is 4. The van der Waals surface area contributed by atoms with Gasteiger partial charge in [0.1, 0.15) is 6.10 Å². The van der Waals surface area contributed by atoms with Crippen molar-refractivity contribution in [1.29, 1.82) is 0 Å². The highest BCUT2D eigenvalue weighted by Gasteiger charge is 2.14. The first-order valence-corrected chi connectivity index (χ1v) is 12.2. The van der Waals surface area contributed by atoms with E-state index >= 15 is 0 Å². The zero-order valence-corrected chi connectivity index (χ0v) is 21.0. The van der Waals surface area contributed by atoms with Gasteiger partial charge < -0.3 is 9.84 Å². The summed E-state index contributed by atoms with van der Waals surface area (Å²) in [4.78, 5) is 0. The van der Waals surface area contributed by atoms with E-state index in [2.05, 4.69) is 67.6 Å². The molecule has 34 heavy (non-hydrogen) atoms. The van der Waals surface area contributed by atoms with E-state index in [4.69, 9.17) is 21.4 Å². The highest BCUT2D eigenvalue weighted by Crippen LogP contribution is 2.27. The summed E-state index contributed by atoms with van der Waals surface area (Å²) in [5.41, 5.74) is 4.84. The summed E-state index contributed by atoms with van der Waals surface area (Å²) < 4.78 is 5.71. The number of hydrogen-bond acceptors (Lipinski definition) is 2. The SMILES string of the molecule is CC.CC(c1ccccc1)c1ccccc1.OCCOC(c1ccccc1)c1ccc(Cl)cc1. The Morgan fingerprint density at radius 2 is 1.00 bits per heavy atom. The minimum atomic E-state index is -0.171. The van der Waals surface area contributed by atoms with E-state index in [1.165, 1.54) is 11.1 Å². The number of rotatable bonds is 7. The summed E-state index contributed by atoms with van der Waals surface area (Å²) >= 11 is 5.89. The fourth-order valence-corrected chi connectivity index (χ4v) is 3.62. The molecular formula is C31H35ClO2. The average molecular weight is 475 g/mol. The third kappa shape index (κ3) is 8.79. The second-order valence-corrected chi connectivity index (χ2v) is 7.92. The molecule has 3 heteroatoms. The zero-order valence-electron chi connectivity index (χ0n) is 20.3. The first-order chi connectivity index (χ1) is 16.7. The number of ether oxygens (including phenoxy) is 1. The summed E-state index contributed by atoms with van der Waals surface area (Å²) in [5.74, 6) is 0.484. The standard InChI is InChI=1S/C15H15ClO2.C14H14.C2H6/c16-14-8-6-13(7-9-14)15(18-11-10-17)12-4-2-1-3-5-12;1-12(13-8-4-2-5-9-13)14-10-6-3-7-11-14;1-2/h1-9,15,17H,10-11H2;2-12H,1H3;1-2H3. The predicted octanol–water partition coefficient (Wildman–Crippen LogP) is 8.30. The van der Waals surface area contributed by atoms with Crippen LogP contribution in [-0.2, 0) is 4.74 Å². The van der Waals surface area contributed by atoms with E-state index in [0.29, 0.717) is 17.5 Å². The van der Waals surface area contributed by atoms with Crippen molar-refractivity contribution in [2.75, 3.05) is 13.2 Å². The van der Waals surface area contributed by atoms with Gasteiger partial charge >= 0.3 is 0 Å². The molecular weight excluding hydrogens is 440 g/mol. The molecule has 0 aliphatic rings. The van der Waals surface area contributed by atoms with Gasteiger partial charge in [0, 0.05) is 10.9 Å². The van der Waals surface area contributed by atoms with Crippen molar-refractivity contribution in [2.24, 2.45) is 0 Å². The van der Waals surface area contributed by atoms with E-state index in [1.54, 1.807) is 0 Å². The molecule has 2 nitrogen and oxygen atoms in total. The van der Waals surface area contributed by atoms with E-state index in [0.717, 1.165) is 11.1 Å². The predicted molar refractivity (Wildman–Crippen MR) is 145 cm³/mol. The van der Waals surface area contributed by atoms with E-state index < -0.39 is 0 Å². The van der Waals surface area contributed by atoms with Crippen molar-refractivity contribution in [1.82, 2.24) is 0 Å². The van der Waals surface area contributed by atoms with E-state index in [1.807, 2.05) is 68.4 Å². The van der Waals surface area contributed by atoms with Crippen LogP contribution in [-0.4, -0.2) is 18.3 Å². The molecule has 1 N–H and O–H groups in total. The van der Waals surface area contributed by atoms with Gasteiger partial charge in [-0.2, -0.15) is 0 Å². The molecule has 4 rings (SSSR count). The lowest BCUT2D eigenvalue weighted by molar-refractivity contribution is 0.0501. The monoisotopic (exact) mass is 474 g/mol. The third-order valence-corrected chi connectivity index (χ3v) is 5.50. The summed E-state index contributed by atoms with van der Waals surface area (Å²) in [6.45, 7) is 6.56. The van der Waals surface area contributed by atoms with Gasteiger partial charge in [-0.15, -0.1) is 0 Å². The normalized spacial score (nSPS) is 11.0. The molecule has 0 bridgehead atoms. The van der Waals surface area contributed by atoms with Crippen LogP contribution in [0.2, 0.25) is 5.02 Å². The lowest BCUT2D eigenvalue weighted by Crippen LogP contribution is -2.09. The summed E-state index contributed by atoms with van der Waals surface area (Å²) in [7, 11) is 0. The number of hydrogen-bond donors (Lipinski definition) is 1. The van der Waals surface area contributed by atoms with Crippen molar-refractivity contribution in [2.45, 2.75) is 32.8 Å². The van der Waals surface area contributed by atoms with Gasteiger partial charge in [0.2, 0.25) is 0 Å². The van der Waals surface area contributed by atoms with Crippen LogP contribution in [0.1, 0.15) is 55.0 Å². The Kier molecular flexibility index (Phi) is 12.7. The van der Waals surface area contributed by atoms with Crippen LogP contribution in [0.4, 0.5) is 0 Å². The third-order valence-electron chi connectivity index (χ3n) is 5.25. The molecule has 1 atom stereocenters. The lowest BCUT2D eigenvalue weighted by atomic mass is 9.93. The van der Waals surface area contributed by atoms with Crippen LogP contribution >= 0.6 is 11.6 Å². The second kappa shape index (κ2) is 15.8. The highest BCUT2D eigenvalue weighted by molar-refractivity contribution is 6.30. The molecule has 1 unspecified atom stereocenters. The topological polar surface area (TPSA) is 29.5 Å². The van der Waals surface area contributed by atoms with Gasteiger partial charge in [-0.3, -0.25) is 0 Å². The molecule has 0 aliphatic heterocycles. The summed E-state index contributed by atoms with van der Waals surface area (Å²) in [6, 6.07) is 38.7. The second-order valence-electron chi connectivity index (χ2n) is 7.48. The van der Waals surface area contributed by atoms with Crippen molar-refractivity contribution >= 4 is 11.6 Å². The van der Waals surface area contributed by atoms with Crippen molar-refractivity contribution in [3.8, 4) is 0 Å². The van der Waals surface area contributed by atoms with Gasteiger partial charge in [0.25, 0.3) is 0 Å². The molecule has 4 aromatic rings. The van der Waals surface area contributed by atoms with Crippen molar-refractivity contribution < 1.29 is 9.84 Å². The van der Waals surface area contributed by atoms with Crippen LogP contribution in [0.3, 0.4) is 0 Å². The molecule has 0 saturated carbocycles. The number of aliphatic hydroxyl groups excluding tert-OH is 1. The van der Waals surface area contributed by atoms with Gasteiger partial charge in [0.15, 0.2) is 0 Å². The van der Waals surface area contributed by atoms with E-state index in [9.17, 15) is 0 Å². The average Bonchev–Trinajstić information content (AvgIpc) is 2.92. The summed E-state index contributed by atoms with van der Waals surface area (Å²) in [5, 5.41) is 9.61. The Morgan fingerprint density at radius 3 is 1.41 bits per heavy atom. The molecule has 0 saturated heterocycles. The Bertz CT molecular complexity index is 980. The van der Waals surface area contributed by atoms with Gasteiger partial charge in [-0.25, -0.2) is 0 Å². The first kappa shape index (κ1) is 27.3. The first-order valence-electron chi connectivity index (χ1n) is 11.8. The Labute approximate surface area is 209 Å². The molecule has 178 valence electrons. The molecule has 0 radical (unpaired) electrons. The van der Waals surface area contributed by atoms with Gasteiger partial charge in [-0.1, -0.05) is 136 Å². The van der Waals surface area contributed by atoms with E-state index in [-0.39, 0.29) is 12.7 Å². The van der Waals surface area contributed by atoms with Gasteiger partial charge in [0.05, 0.1) is 13.2 Å². The molecule has 0 fully saturated rings.